The number of nitrogens with zero attached hydrogens (tertiary/aromatic N) is 1. The lowest BCUT2D eigenvalue weighted by molar-refractivity contribution is -0.120. The van der Waals surface area contributed by atoms with Crippen molar-refractivity contribution in [2.75, 3.05) is 26.4 Å². The summed E-state index contributed by atoms with van der Waals surface area (Å²) in [5, 5.41) is 5.57. The molecular weight excluding hydrogens is 442 g/mol. The number of rotatable bonds is 8. The van der Waals surface area contributed by atoms with Gasteiger partial charge in [-0.05, 0) is 66.4 Å². The lowest BCUT2D eigenvalue weighted by atomic mass is 9.98. The summed E-state index contributed by atoms with van der Waals surface area (Å²) in [5.41, 5.74) is 4.97. The van der Waals surface area contributed by atoms with Crippen LogP contribution in [0, 0.1) is 0 Å². The van der Waals surface area contributed by atoms with Gasteiger partial charge < -0.3 is 20.1 Å². The van der Waals surface area contributed by atoms with Gasteiger partial charge in [-0.15, -0.1) is 0 Å². The van der Waals surface area contributed by atoms with E-state index in [-0.39, 0.29) is 25.2 Å². The van der Waals surface area contributed by atoms with Crippen molar-refractivity contribution < 1.29 is 19.1 Å². The third-order valence-electron chi connectivity index (χ3n) is 6.41. The molecule has 180 valence electrons. The van der Waals surface area contributed by atoms with Gasteiger partial charge in [0, 0.05) is 18.7 Å². The Hall–Kier alpha value is -3.84. The molecular formula is C28H29N3O4. The van der Waals surface area contributed by atoms with Crippen LogP contribution in [0.2, 0.25) is 0 Å². The maximum absolute atomic E-state index is 12.4. The molecule has 1 fully saturated rings. The highest BCUT2D eigenvalue weighted by molar-refractivity contribution is 5.97. The van der Waals surface area contributed by atoms with E-state index in [1.54, 1.807) is 18.2 Å². The second-order valence-electron chi connectivity index (χ2n) is 8.86. The normalized spacial score (nSPS) is 14.6. The summed E-state index contributed by atoms with van der Waals surface area (Å²) in [6.45, 7) is 3.77. The third kappa shape index (κ3) is 5.63. The quantitative estimate of drug-likeness (QED) is 0.524. The van der Waals surface area contributed by atoms with E-state index < -0.39 is 0 Å². The van der Waals surface area contributed by atoms with Crippen molar-refractivity contribution in [2.45, 2.75) is 25.9 Å². The molecule has 0 bridgehead atoms. The average Bonchev–Trinajstić information content (AvgIpc) is 3.58. The number of carbonyl (C=O) groups is 2. The van der Waals surface area contributed by atoms with Crippen molar-refractivity contribution in [1.29, 1.82) is 0 Å². The number of hydrogen-bond donors (Lipinski definition) is 2. The molecule has 2 N–H and O–H groups in total. The van der Waals surface area contributed by atoms with Crippen LogP contribution in [0.1, 0.15) is 34.3 Å². The lowest BCUT2D eigenvalue weighted by Gasteiger charge is -2.15. The van der Waals surface area contributed by atoms with Gasteiger partial charge in [0.15, 0.2) is 11.5 Å². The van der Waals surface area contributed by atoms with Crippen LogP contribution in [0.15, 0.2) is 66.7 Å². The Labute approximate surface area is 205 Å². The summed E-state index contributed by atoms with van der Waals surface area (Å²) in [4.78, 5) is 27.3. The number of amides is 2. The Morgan fingerprint density at radius 3 is 2.46 bits per heavy atom. The fraction of sp³-hybridized carbons (Fsp3) is 0.286. The average molecular weight is 472 g/mol. The van der Waals surface area contributed by atoms with Crippen LogP contribution in [-0.4, -0.2) is 43.1 Å². The predicted octanol–water partition coefficient (Wildman–Crippen LogP) is 3.72. The first-order chi connectivity index (χ1) is 17.2. The van der Waals surface area contributed by atoms with Crippen molar-refractivity contribution in [3.8, 4) is 22.6 Å². The summed E-state index contributed by atoms with van der Waals surface area (Å²) in [7, 11) is 0. The van der Waals surface area contributed by atoms with Crippen molar-refractivity contribution in [3.63, 3.8) is 0 Å². The molecule has 1 saturated heterocycles. The monoisotopic (exact) mass is 471 g/mol. The Balaban J connectivity index is 1.15. The fourth-order valence-electron chi connectivity index (χ4n) is 4.50. The number of likely N-dealkylation sites (tertiary alicyclic amines) is 1. The summed E-state index contributed by atoms with van der Waals surface area (Å²) >= 11 is 0. The lowest BCUT2D eigenvalue weighted by Crippen LogP contribution is -2.36. The minimum Gasteiger partial charge on any atom is -0.454 e. The van der Waals surface area contributed by atoms with Gasteiger partial charge in [0.1, 0.15) is 0 Å². The van der Waals surface area contributed by atoms with Gasteiger partial charge >= 0.3 is 0 Å². The van der Waals surface area contributed by atoms with Gasteiger partial charge in [0.05, 0.1) is 6.54 Å². The number of ether oxygens (including phenoxy) is 2. The van der Waals surface area contributed by atoms with Crippen LogP contribution >= 0.6 is 0 Å². The second kappa shape index (κ2) is 10.6. The van der Waals surface area contributed by atoms with Crippen LogP contribution in [0.4, 0.5) is 0 Å². The first-order valence-corrected chi connectivity index (χ1v) is 12.0. The van der Waals surface area contributed by atoms with E-state index in [9.17, 15) is 9.59 Å². The minimum absolute atomic E-state index is 0.110. The first kappa shape index (κ1) is 22.9. The standard InChI is InChI=1S/C28H29N3O4/c32-27(17-30-28(33)22-11-12-25-26(15-22)35-19-34-25)29-16-23-5-1-2-6-24(23)21-9-7-20(8-10-21)18-31-13-3-4-14-31/h1-2,5-12,15H,3-4,13-14,16-19H2,(H,29,32)(H,30,33). The molecule has 0 spiro atoms. The maximum Gasteiger partial charge on any atom is 0.251 e. The van der Waals surface area contributed by atoms with E-state index in [0.717, 1.165) is 23.2 Å². The zero-order chi connectivity index (χ0) is 24.0. The van der Waals surface area contributed by atoms with E-state index in [0.29, 0.717) is 23.6 Å². The second-order valence-corrected chi connectivity index (χ2v) is 8.86. The van der Waals surface area contributed by atoms with Gasteiger partial charge in [-0.2, -0.15) is 0 Å². The van der Waals surface area contributed by atoms with E-state index in [1.165, 1.54) is 31.5 Å². The number of hydrogen-bond acceptors (Lipinski definition) is 5. The Kier molecular flexibility index (Phi) is 6.95. The van der Waals surface area contributed by atoms with Crippen LogP contribution in [0.25, 0.3) is 11.1 Å². The molecule has 0 unspecified atom stereocenters. The molecule has 0 saturated carbocycles. The zero-order valence-corrected chi connectivity index (χ0v) is 19.6. The smallest absolute Gasteiger partial charge is 0.251 e. The topological polar surface area (TPSA) is 79.9 Å². The molecule has 2 amide bonds. The Morgan fingerprint density at radius 1 is 0.857 bits per heavy atom. The van der Waals surface area contributed by atoms with Crippen molar-refractivity contribution in [3.05, 3.63) is 83.4 Å². The van der Waals surface area contributed by atoms with Crippen LogP contribution in [-0.2, 0) is 17.9 Å². The maximum atomic E-state index is 12.4. The fourth-order valence-corrected chi connectivity index (χ4v) is 4.50. The van der Waals surface area contributed by atoms with Gasteiger partial charge in [-0.25, -0.2) is 0 Å². The highest BCUT2D eigenvalue weighted by atomic mass is 16.7. The summed E-state index contributed by atoms with van der Waals surface area (Å²) in [6, 6.07) is 21.7. The highest BCUT2D eigenvalue weighted by Gasteiger charge is 2.17. The molecule has 7 nitrogen and oxygen atoms in total. The van der Waals surface area contributed by atoms with E-state index in [2.05, 4.69) is 45.9 Å². The molecule has 5 rings (SSSR count). The number of nitrogens with one attached hydrogen (secondary N) is 2. The van der Waals surface area contributed by atoms with Crippen molar-refractivity contribution in [1.82, 2.24) is 15.5 Å². The minimum atomic E-state index is -0.340. The predicted molar refractivity (Wildman–Crippen MR) is 133 cm³/mol. The molecule has 0 aromatic heterocycles. The number of benzene rings is 3. The summed E-state index contributed by atoms with van der Waals surface area (Å²) in [6.07, 6.45) is 2.58. The molecule has 0 radical (unpaired) electrons. The van der Waals surface area contributed by atoms with E-state index in [1.807, 2.05) is 18.2 Å². The molecule has 7 heteroatoms. The van der Waals surface area contributed by atoms with Gasteiger partial charge in [0.2, 0.25) is 12.7 Å². The van der Waals surface area contributed by atoms with Crippen LogP contribution in [0.3, 0.4) is 0 Å². The Morgan fingerprint density at radius 2 is 1.63 bits per heavy atom. The largest absolute Gasteiger partial charge is 0.454 e. The van der Waals surface area contributed by atoms with Crippen LogP contribution in [0.5, 0.6) is 11.5 Å². The summed E-state index contributed by atoms with van der Waals surface area (Å²) < 4.78 is 10.6. The molecule has 2 heterocycles. The molecule has 35 heavy (non-hydrogen) atoms. The van der Waals surface area contributed by atoms with E-state index in [4.69, 9.17) is 9.47 Å². The number of carbonyl (C=O) groups excluding carboxylic acids is 2. The molecule has 0 atom stereocenters. The molecule has 3 aromatic rings. The first-order valence-electron chi connectivity index (χ1n) is 12.0. The zero-order valence-electron chi connectivity index (χ0n) is 19.6. The Bertz CT molecular complexity index is 1200. The SMILES string of the molecule is O=C(CNC(=O)c1ccc2c(c1)OCO2)NCc1ccccc1-c1ccc(CN2CCCC2)cc1. The summed E-state index contributed by atoms with van der Waals surface area (Å²) in [5.74, 6) is 0.546. The molecule has 2 aliphatic heterocycles. The van der Waals surface area contributed by atoms with Crippen molar-refractivity contribution >= 4 is 11.8 Å². The van der Waals surface area contributed by atoms with Crippen LogP contribution < -0.4 is 20.1 Å². The highest BCUT2D eigenvalue weighted by Crippen LogP contribution is 2.32. The third-order valence-corrected chi connectivity index (χ3v) is 6.41. The van der Waals surface area contributed by atoms with Crippen molar-refractivity contribution in [2.24, 2.45) is 0 Å². The molecule has 3 aromatic carbocycles. The van der Waals surface area contributed by atoms with E-state index >= 15 is 0 Å². The molecule has 0 aliphatic carbocycles. The van der Waals surface area contributed by atoms with Gasteiger partial charge in [-0.3, -0.25) is 14.5 Å². The number of fused-ring (bicyclic) bond motifs is 1. The van der Waals surface area contributed by atoms with Gasteiger partial charge in [-0.1, -0.05) is 48.5 Å². The molecule has 2 aliphatic rings. The van der Waals surface area contributed by atoms with Gasteiger partial charge in [0.25, 0.3) is 5.91 Å².